The predicted molar refractivity (Wildman–Crippen MR) is 94.4 cm³/mol. The van der Waals surface area contributed by atoms with Crippen molar-refractivity contribution < 1.29 is 0 Å². The van der Waals surface area contributed by atoms with Crippen molar-refractivity contribution >= 4 is 29.2 Å². The highest BCUT2D eigenvalue weighted by Crippen LogP contribution is 2.33. The van der Waals surface area contributed by atoms with E-state index in [9.17, 15) is 0 Å². The number of hydrogen-bond acceptors (Lipinski definition) is 0. The van der Waals surface area contributed by atoms with E-state index in [1.165, 1.54) is 34.8 Å². The van der Waals surface area contributed by atoms with Crippen LogP contribution in [0.15, 0.2) is 66.7 Å². The smallest absolute Gasteiger partial charge is 0.0623 e. The number of hydrogen-bond donors (Lipinski definition) is 0. The summed E-state index contributed by atoms with van der Waals surface area (Å²) in [5, 5.41) is 6.14. The maximum atomic E-state index is 2.40. The second kappa shape index (κ2) is 4.85. The van der Waals surface area contributed by atoms with Gasteiger partial charge in [-0.1, -0.05) is 83.9 Å². The van der Waals surface area contributed by atoms with Crippen LogP contribution in [0.5, 0.6) is 0 Å². The molecule has 21 heavy (non-hydrogen) atoms. The molecule has 0 saturated carbocycles. The van der Waals surface area contributed by atoms with Crippen molar-refractivity contribution in [3.63, 3.8) is 0 Å². The van der Waals surface area contributed by atoms with E-state index in [-0.39, 0.29) is 0 Å². The molecule has 0 spiro atoms. The molecule has 0 unspecified atom stereocenters. The average molecular weight is 288 g/mol. The van der Waals surface area contributed by atoms with Gasteiger partial charge in [-0.15, -0.1) is 0 Å². The largest absolute Gasteiger partial charge is 0.118 e. The second-order valence-corrected chi connectivity index (χ2v) is 10.6. The maximum absolute atomic E-state index is 2.40. The van der Waals surface area contributed by atoms with Crippen LogP contribution in [-0.4, -0.2) is 8.07 Å². The van der Waals surface area contributed by atoms with Crippen LogP contribution in [0.2, 0.25) is 12.1 Å². The first-order valence-corrected chi connectivity index (χ1v) is 10.3. The zero-order valence-corrected chi connectivity index (χ0v) is 13.5. The second-order valence-electron chi connectivity index (χ2n) is 6.33. The Morgan fingerprint density at radius 1 is 0.762 bits per heavy atom. The van der Waals surface area contributed by atoms with Crippen molar-refractivity contribution in [1.82, 2.24) is 0 Å². The summed E-state index contributed by atoms with van der Waals surface area (Å²) in [6, 6.07) is 27.9. The standard InChI is InChI=1S/C20H20Si/c1-16-10-12-18(13-11-16)21(14-5-15-21)20-9-4-7-17-6-2-3-8-19(17)20/h2-4,6-13H,5,14-15H2,1H3. The lowest BCUT2D eigenvalue weighted by Crippen LogP contribution is -2.62. The highest BCUT2D eigenvalue weighted by Gasteiger charge is 2.43. The van der Waals surface area contributed by atoms with E-state index in [0.717, 1.165) is 0 Å². The van der Waals surface area contributed by atoms with E-state index in [2.05, 4.69) is 73.7 Å². The van der Waals surface area contributed by atoms with Crippen molar-refractivity contribution in [1.29, 1.82) is 0 Å². The quantitative estimate of drug-likeness (QED) is 0.622. The van der Waals surface area contributed by atoms with Crippen molar-refractivity contribution in [2.75, 3.05) is 0 Å². The van der Waals surface area contributed by atoms with Gasteiger partial charge in [-0.3, -0.25) is 0 Å². The summed E-state index contributed by atoms with van der Waals surface area (Å²) in [7, 11) is -1.48. The molecular formula is C20H20Si. The first kappa shape index (κ1) is 12.8. The molecule has 0 bridgehead atoms. The molecule has 4 rings (SSSR count). The van der Waals surface area contributed by atoms with Crippen molar-refractivity contribution in [3.8, 4) is 0 Å². The average Bonchev–Trinajstić information content (AvgIpc) is 2.48. The highest BCUT2D eigenvalue weighted by atomic mass is 28.3. The van der Waals surface area contributed by atoms with Crippen LogP contribution in [0.25, 0.3) is 10.8 Å². The van der Waals surface area contributed by atoms with Gasteiger partial charge < -0.3 is 0 Å². The van der Waals surface area contributed by atoms with Crippen LogP contribution in [0.4, 0.5) is 0 Å². The van der Waals surface area contributed by atoms with Gasteiger partial charge in [-0.05, 0) is 35.0 Å². The van der Waals surface area contributed by atoms with Crippen LogP contribution in [0.3, 0.4) is 0 Å². The Bertz CT molecular complexity index is 777. The summed E-state index contributed by atoms with van der Waals surface area (Å²) >= 11 is 0. The molecule has 0 aliphatic carbocycles. The Kier molecular flexibility index (Phi) is 2.97. The van der Waals surface area contributed by atoms with E-state index in [1.807, 2.05) is 0 Å². The van der Waals surface area contributed by atoms with Gasteiger partial charge in [-0.25, -0.2) is 0 Å². The van der Waals surface area contributed by atoms with Gasteiger partial charge >= 0.3 is 0 Å². The number of fused-ring (bicyclic) bond motifs is 1. The molecule has 1 fully saturated rings. The third-order valence-corrected chi connectivity index (χ3v) is 10.4. The summed E-state index contributed by atoms with van der Waals surface area (Å²) in [4.78, 5) is 0. The summed E-state index contributed by atoms with van der Waals surface area (Å²) in [5.41, 5.74) is 1.36. The molecule has 1 heteroatoms. The molecule has 1 aliphatic rings. The summed E-state index contributed by atoms with van der Waals surface area (Å²) < 4.78 is 0. The molecule has 1 aliphatic heterocycles. The lowest BCUT2D eigenvalue weighted by molar-refractivity contribution is 0.928. The Balaban J connectivity index is 1.94. The van der Waals surface area contributed by atoms with E-state index in [4.69, 9.17) is 0 Å². The van der Waals surface area contributed by atoms with Gasteiger partial charge in [0.05, 0.1) is 0 Å². The van der Waals surface area contributed by atoms with Crippen molar-refractivity contribution in [2.45, 2.75) is 25.4 Å². The molecule has 0 nitrogen and oxygen atoms in total. The van der Waals surface area contributed by atoms with Gasteiger partial charge in [0, 0.05) is 0 Å². The third-order valence-electron chi connectivity index (χ3n) is 5.12. The lowest BCUT2D eigenvalue weighted by Gasteiger charge is -2.41. The topological polar surface area (TPSA) is 0 Å². The highest BCUT2D eigenvalue weighted by molar-refractivity contribution is 7.05. The Morgan fingerprint density at radius 2 is 1.48 bits per heavy atom. The van der Waals surface area contributed by atoms with Gasteiger partial charge in [0.2, 0.25) is 0 Å². The zero-order valence-electron chi connectivity index (χ0n) is 12.5. The van der Waals surface area contributed by atoms with Crippen molar-refractivity contribution in [3.05, 3.63) is 72.3 Å². The summed E-state index contributed by atoms with van der Waals surface area (Å²) in [6.07, 6.45) is 1.39. The molecule has 3 aromatic rings. The number of benzene rings is 3. The van der Waals surface area contributed by atoms with Crippen LogP contribution < -0.4 is 10.4 Å². The molecule has 0 N–H and O–H groups in total. The summed E-state index contributed by atoms with van der Waals surface area (Å²) in [5.74, 6) is 0. The number of aryl methyl sites for hydroxylation is 1. The minimum Gasteiger partial charge on any atom is -0.0623 e. The normalized spacial score (nSPS) is 16.6. The van der Waals surface area contributed by atoms with E-state index in [1.54, 1.807) is 10.4 Å². The zero-order chi connectivity index (χ0) is 14.3. The van der Waals surface area contributed by atoms with Gasteiger partial charge in [0.15, 0.2) is 0 Å². The Labute approximate surface area is 127 Å². The van der Waals surface area contributed by atoms with E-state index in [0.29, 0.717) is 0 Å². The lowest BCUT2D eigenvalue weighted by atomic mass is 10.1. The SMILES string of the molecule is Cc1ccc([Si]2(c3cccc4ccccc34)CCC2)cc1. The first-order valence-electron chi connectivity index (χ1n) is 7.85. The van der Waals surface area contributed by atoms with Crippen LogP contribution in [0, 0.1) is 6.92 Å². The minimum absolute atomic E-state index is 1.36. The fraction of sp³-hybridized carbons (Fsp3) is 0.200. The Morgan fingerprint density at radius 3 is 2.19 bits per heavy atom. The van der Waals surface area contributed by atoms with Crippen LogP contribution in [0.1, 0.15) is 12.0 Å². The van der Waals surface area contributed by atoms with Crippen molar-refractivity contribution in [2.24, 2.45) is 0 Å². The van der Waals surface area contributed by atoms with Crippen LogP contribution >= 0.6 is 0 Å². The molecule has 0 aromatic heterocycles. The molecule has 104 valence electrons. The molecule has 0 atom stereocenters. The Hall–Kier alpha value is -1.86. The van der Waals surface area contributed by atoms with E-state index < -0.39 is 8.07 Å². The fourth-order valence-electron chi connectivity index (χ4n) is 3.76. The first-order chi connectivity index (χ1) is 10.3. The summed E-state index contributed by atoms with van der Waals surface area (Å²) in [6.45, 7) is 2.18. The van der Waals surface area contributed by atoms with Gasteiger partial charge in [-0.2, -0.15) is 0 Å². The molecule has 0 amide bonds. The molecular weight excluding hydrogens is 268 g/mol. The van der Waals surface area contributed by atoms with Gasteiger partial charge in [0.25, 0.3) is 0 Å². The van der Waals surface area contributed by atoms with E-state index >= 15 is 0 Å². The maximum Gasteiger partial charge on any atom is 0.118 e. The van der Waals surface area contributed by atoms with Gasteiger partial charge in [0.1, 0.15) is 8.07 Å². The molecule has 1 saturated heterocycles. The molecule has 0 radical (unpaired) electrons. The third kappa shape index (κ3) is 1.96. The number of rotatable bonds is 2. The van der Waals surface area contributed by atoms with Crippen LogP contribution in [-0.2, 0) is 0 Å². The monoisotopic (exact) mass is 288 g/mol. The minimum atomic E-state index is -1.48. The molecule has 1 heterocycles. The fourth-order valence-corrected chi connectivity index (χ4v) is 8.21. The molecule has 3 aromatic carbocycles. The predicted octanol–water partition coefficient (Wildman–Crippen LogP) is 4.11.